The van der Waals surface area contributed by atoms with Crippen molar-refractivity contribution in [1.29, 1.82) is 0 Å². The molecule has 3 N–H and O–H groups in total. The maximum absolute atomic E-state index is 11.8. The van der Waals surface area contributed by atoms with Crippen LogP contribution in [0.3, 0.4) is 0 Å². The van der Waals surface area contributed by atoms with Gasteiger partial charge in [-0.15, -0.1) is 36.2 Å². The van der Waals surface area contributed by atoms with E-state index in [4.69, 9.17) is 5.73 Å². The van der Waals surface area contributed by atoms with Crippen molar-refractivity contribution in [3.05, 3.63) is 16.1 Å². The van der Waals surface area contributed by atoms with Crippen molar-refractivity contribution in [2.24, 2.45) is 11.7 Å². The number of thiazole rings is 1. The molecular formula is C11H20Cl2N4OS. The Morgan fingerprint density at radius 1 is 1.63 bits per heavy atom. The molecule has 0 aromatic carbocycles. The van der Waals surface area contributed by atoms with Crippen molar-refractivity contribution in [3.8, 4) is 0 Å². The van der Waals surface area contributed by atoms with Gasteiger partial charge in [-0.25, -0.2) is 4.98 Å². The molecule has 0 radical (unpaired) electrons. The van der Waals surface area contributed by atoms with Gasteiger partial charge in [0.1, 0.15) is 10.7 Å². The molecule has 1 aliphatic heterocycles. The fourth-order valence-corrected chi connectivity index (χ4v) is 2.68. The lowest BCUT2D eigenvalue weighted by Crippen LogP contribution is -2.30. The molecule has 1 unspecified atom stereocenters. The Hall–Kier alpha value is -0.400. The molecule has 0 spiro atoms. The number of nitrogens with one attached hydrogen (secondary N) is 1. The Bertz CT molecular complexity index is 402. The van der Waals surface area contributed by atoms with Crippen LogP contribution in [0.4, 0.5) is 0 Å². The van der Waals surface area contributed by atoms with Crippen LogP contribution in [0.5, 0.6) is 0 Å². The van der Waals surface area contributed by atoms with E-state index in [1.165, 1.54) is 11.3 Å². The molecule has 2 heterocycles. The van der Waals surface area contributed by atoms with E-state index in [0.717, 1.165) is 31.1 Å². The van der Waals surface area contributed by atoms with Crippen molar-refractivity contribution < 1.29 is 4.79 Å². The lowest BCUT2D eigenvalue weighted by molar-refractivity contribution is 0.0943. The van der Waals surface area contributed by atoms with Gasteiger partial charge in [0.15, 0.2) is 0 Å². The fraction of sp³-hybridized carbons (Fsp3) is 0.636. The minimum atomic E-state index is -0.0875. The van der Waals surface area contributed by atoms with E-state index in [2.05, 4.69) is 22.2 Å². The third-order valence-electron chi connectivity index (χ3n) is 3.00. The van der Waals surface area contributed by atoms with Crippen LogP contribution in [0.15, 0.2) is 5.38 Å². The summed E-state index contributed by atoms with van der Waals surface area (Å²) in [5.74, 6) is 0.479. The van der Waals surface area contributed by atoms with Gasteiger partial charge in [-0.05, 0) is 25.9 Å². The Kier molecular flexibility index (Phi) is 8.52. The van der Waals surface area contributed by atoms with E-state index in [9.17, 15) is 4.79 Å². The molecule has 1 aromatic heterocycles. The normalized spacial score (nSPS) is 18.5. The number of amides is 1. The topological polar surface area (TPSA) is 71.2 Å². The number of carbonyl (C=O) groups is 1. The van der Waals surface area contributed by atoms with E-state index in [1.807, 2.05) is 0 Å². The van der Waals surface area contributed by atoms with Crippen LogP contribution in [0.2, 0.25) is 0 Å². The highest BCUT2D eigenvalue weighted by Crippen LogP contribution is 2.13. The molecule has 0 bridgehead atoms. The van der Waals surface area contributed by atoms with E-state index in [-0.39, 0.29) is 30.7 Å². The zero-order valence-electron chi connectivity index (χ0n) is 10.8. The molecular weight excluding hydrogens is 307 g/mol. The molecule has 2 rings (SSSR count). The number of hydrogen-bond donors (Lipinski definition) is 2. The van der Waals surface area contributed by atoms with Crippen LogP contribution in [0.25, 0.3) is 0 Å². The average Bonchev–Trinajstić information content (AvgIpc) is 2.94. The molecule has 0 aliphatic carbocycles. The molecule has 1 aromatic rings. The molecule has 8 heteroatoms. The van der Waals surface area contributed by atoms with Crippen LogP contribution in [-0.4, -0.2) is 42.5 Å². The summed E-state index contributed by atoms with van der Waals surface area (Å²) in [4.78, 5) is 18.2. The smallest absolute Gasteiger partial charge is 0.270 e. The van der Waals surface area contributed by atoms with E-state index in [1.54, 1.807) is 5.38 Å². The average molecular weight is 327 g/mol. The fourth-order valence-electron chi connectivity index (χ4n) is 2.03. The van der Waals surface area contributed by atoms with Crippen LogP contribution in [0.1, 0.15) is 21.9 Å². The minimum Gasteiger partial charge on any atom is -0.350 e. The first-order valence-electron chi connectivity index (χ1n) is 5.80. The zero-order chi connectivity index (χ0) is 12.3. The Morgan fingerprint density at radius 3 is 2.89 bits per heavy atom. The van der Waals surface area contributed by atoms with E-state index in [0.29, 0.717) is 18.2 Å². The molecule has 19 heavy (non-hydrogen) atoms. The number of likely N-dealkylation sites (tertiary alicyclic amines) is 1. The van der Waals surface area contributed by atoms with Gasteiger partial charge in [0.2, 0.25) is 0 Å². The molecule has 5 nitrogen and oxygen atoms in total. The van der Waals surface area contributed by atoms with Crippen LogP contribution in [0, 0.1) is 5.92 Å². The molecule has 1 amide bonds. The van der Waals surface area contributed by atoms with Gasteiger partial charge in [0.25, 0.3) is 5.91 Å². The number of nitrogens with zero attached hydrogens (tertiary/aromatic N) is 2. The highest BCUT2D eigenvalue weighted by molar-refractivity contribution is 7.09. The lowest BCUT2D eigenvalue weighted by Gasteiger charge is -2.10. The van der Waals surface area contributed by atoms with E-state index >= 15 is 0 Å². The standard InChI is InChI=1S/C11H18N4OS.2ClH/c1-15-3-2-8(6-15)5-13-11(16)9-7-17-10(4-12)14-9;;/h7-8H,2-6,12H2,1H3,(H,13,16);2*1H. The number of carbonyl (C=O) groups excluding carboxylic acids is 1. The largest absolute Gasteiger partial charge is 0.350 e. The number of rotatable bonds is 4. The Balaban J connectivity index is 0.00000162. The predicted molar refractivity (Wildman–Crippen MR) is 82.4 cm³/mol. The van der Waals surface area contributed by atoms with E-state index < -0.39 is 0 Å². The van der Waals surface area contributed by atoms with Gasteiger partial charge in [-0.3, -0.25) is 4.79 Å². The molecule has 1 aliphatic rings. The molecule has 110 valence electrons. The summed E-state index contributed by atoms with van der Waals surface area (Å²) in [5, 5.41) is 5.50. The van der Waals surface area contributed by atoms with Crippen molar-refractivity contribution in [2.75, 3.05) is 26.7 Å². The monoisotopic (exact) mass is 326 g/mol. The SMILES string of the molecule is CN1CCC(CNC(=O)c2csc(CN)n2)C1.Cl.Cl. The van der Waals surface area contributed by atoms with Crippen LogP contribution in [-0.2, 0) is 6.54 Å². The first kappa shape index (κ1) is 18.6. The summed E-state index contributed by atoms with van der Waals surface area (Å²) in [6.45, 7) is 3.31. The van der Waals surface area contributed by atoms with Crippen LogP contribution >= 0.6 is 36.2 Å². The summed E-state index contributed by atoms with van der Waals surface area (Å²) < 4.78 is 0. The summed E-state index contributed by atoms with van der Waals surface area (Å²) in [5.41, 5.74) is 5.95. The predicted octanol–water partition coefficient (Wildman–Crippen LogP) is 1.13. The van der Waals surface area contributed by atoms with Gasteiger partial charge in [-0.2, -0.15) is 0 Å². The quantitative estimate of drug-likeness (QED) is 0.870. The molecule has 0 saturated carbocycles. The highest BCUT2D eigenvalue weighted by atomic mass is 35.5. The highest BCUT2D eigenvalue weighted by Gasteiger charge is 2.20. The summed E-state index contributed by atoms with van der Waals surface area (Å²) in [6, 6.07) is 0. The van der Waals surface area contributed by atoms with Gasteiger partial charge < -0.3 is 16.0 Å². The minimum absolute atomic E-state index is 0. The van der Waals surface area contributed by atoms with Crippen molar-refractivity contribution in [3.63, 3.8) is 0 Å². The third-order valence-corrected chi connectivity index (χ3v) is 3.87. The van der Waals surface area contributed by atoms with Gasteiger partial charge in [-0.1, -0.05) is 0 Å². The first-order chi connectivity index (χ1) is 8.19. The van der Waals surface area contributed by atoms with Crippen molar-refractivity contribution in [2.45, 2.75) is 13.0 Å². The number of hydrogen-bond acceptors (Lipinski definition) is 5. The van der Waals surface area contributed by atoms with Gasteiger partial charge in [0.05, 0.1) is 0 Å². The van der Waals surface area contributed by atoms with Crippen LogP contribution < -0.4 is 11.1 Å². The Morgan fingerprint density at radius 2 is 2.37 bits per heavy atom. The number of aromatic nitrogens is 1. The second kappa shape index (κ2) is 8.71. The maximum atomic E-state index is 11.8. The van der Waals surface area contributed by atoms with Crippen molar-refractivity contribution in [1.82, 2.24) is 15.2 Å². The summed E-state index contributed by atoms with van der Waals surface area (Å²) >= 11 is 1.43. The lowest BCUT2D eigenvalue weighted by atomic mass is 10.1. The van der Waals surface area contributed by atoms with Gasteiger partial charge in [0, 0.05) is 25.0 Å². The first-order valence-corrected chi connectivity index (χ1v) is 6.68. The third kappa shape index (κ3) is 5.24. The molecule has 1 atom stereocenters. The summed E-state index contributed by atoms with van der Waals surface area (Å²) in [7, 11) is 2.11. The maximum Gasteiger partial charge on any atom is 0.270 e. The zero-order valence-corrected chi connectivity index (χ0v) is 13.2. The summed E-state index contributed by atoms with van der Waals surface area (Å²) in [6.07, 6.45) is 1.15. The van der Waals surface area contributed by atoms with Gasteiger partial charge >= 0.3 is 0 Å². The number of nitrogens with two attached hydrogens (primary N) is 1. The molecule has 1 saturated heterocycles. The van der Waals surface area contributed by atoms with Crippen molar-refractivity contribution >= 4 is 42.1 Å². The second-order valence-corrected chi connectivity index (χ2v) is 5.40. The molecule has 1 fully saturated rings. The second-order valence-electron chi connectivity index (χ2n) is 4.46. The Labute approximate surface area is 129 Å². The number of halogens is 2.